The Morgan fingerprint density at radius 2 is 1.53 bits per heavy atom. The molecule has 0 aliphatic rings. The zero-order valence-electron chi connectivity index (χ0n) is 11.3. The Hall–Kier alpha value is -0.920. The van der Waals surface area contributed by atoms with Crippen LogP contribution in [0.15, 0.2) is 17.6 Å². The summed E-state index contributed by atoms with van der Waals surface area (Å²) in [7, 11) is 0. The molecule has 0 aromatic carbocycles. The number of hydrogen-bond donors (Lipinski definition) is 0. The standard InChI is InChI=1S/C15H27NO/c1-3-5-6-7-8-9-10-11-12-13-14-16-15(17)4-2/h4,14H,2-3,5-13H2,1H3. The molecule has 0 radical (unpaired) electrons. The first-order chi connectivity index (χ1) is 8.31. The van der Waals surface area contributed by atoms with E-state index in [0.717, 1.165) is 12.8 Å². The minimum absolute atomic E-state index is 0.235. The van der Waals surface area contributed by atoms with E-state index in [2.05, 4.69) is 18.5 Å². The van der Waals surface area contributed by atoms with Gasteiger partial charge < -0.3 is 0 Å². The summed E-state index contributed by atoms with van der Waals surface area (Å²) in [6, 6.07) is 0. The molecule has 1 amide bonds. The molecule has 17 heavy (non-hydrogen) atoms. The van der Waals surface area contributed by atoms with E-state index in [1.165, 1.54) is 57.4 Å². The molecule has 0 aromatic rings. The third kappa shape index (κ3) is 13.0. The lowest BCUT2D eigenvalue weighted by atomic mass is 10.1. The SMILES string of the molecule is C=CC(=O)N=CCCCCCCCCCCC. The van der Waals surface area contributed by atoms with Crippen molar-refractivity contribution in [3.8, 4) is 0 Å². The number of amides is 1. The van der Waals surface area contributed by atoms with Gasteiger partial charge in [-0.05, 0) is 18.9 Å². The fraction of sp³-hybridized carbons (Fsp3) is 0.733. The van der Waals surface area contributed by atoms with E-state index in [0.29, 0.717) is 0 Å². The second-order valence-corrected chi connectivity index (χ2v) is 4.47. The van der Waals surface area contributed by atoms with E-state index in [4.69, 9.17) is 0 Å². The molecule has 0 bridgehead atoms. The van der Waals surface area contributed by atoms with Crippen LogP contribution < -0.4 is 0 Å². The highest BCUT2D eigenvalue weighted by atomic mass is 16.1. The number of nitrogens with zero attached hydrogens (tertiary/aromatic N) is 1. The number of rotatable bonds is 11. The molecule has 0 fully saturated rings. The number of carbonyl (C=O) groups excluding carboxylic acids is 1. The van der Waals surface area contributed by atoms with E-state index in [1.54, 1.807) is 6.21 Å². The fourth-order valence-corrected chi connectivity index (χ4v) is 1.75. The second-order valence-electron chi connectivity index (χ2n) is 4.47. The number of carbonyl (C=O) groups is 1. The van der Waals surface area contributed by atoms with Crippen molar-refractivity contribution in [1.82, 2.24) is 0 Å². The molecule has 0 spiro atoms. The van der Waals surface area contributed by atoms with Gasteiger partial charge in [-0.15, -0.1) is 0 Å². The molecule has 0 atom stereocenters. The van der Waals surface area contributed by atoms with Crippen LogP contribution in [0, 0.1) is 0 Å². The van der Waals surface area contributed by atoms with Crippen LogP contribution in [0.4, 0.5) is 0 Å². The summed E-state index contributed by atoms with van der Waals surface area (Å²) in [5.41, 5.74) is 0. The number of unbranched alkanes of at least 4 members (excludes halogenated alkanes) is 9. The predicted molar refractivity (Wildman–Crippen MR) is 75.5 cm³/mol. The van der Waals surface area contributed by atoms with E-state index in [-0.39, 0.29) is 5.91 Å². The molecule has 2 heteroatoms. The molecular weight excluding hydrogens is 210 g/mol. The van der Waals surface area contributed by atoms with Gasteiger partial charge in [0.25, 0.3) is 5.91 Å². The van der Waals surface area contributed by atoms with Crippen molar-refractivity contribution in [1.29, 1.82) is 0 Å². The van der Waals surface area contributed by atoms with Gasteiger partial charge in [-0.2, -0.15) is 0 Å². The third-order valence-electron chi connectivity index (χ3n) is 2.83. The lowest BCUT2D eigenvalue weighted by molar-refractivity contribution is -0.113. The molecule has 0 unspecified atom stereocenters. The van der Waals surface area contributed by atoms with Gasteiger partial charge in [0.2, 0.25) is 0 Å². The van der Waals surface area contributed by atoms with Crippen LogP contribution >= 0.6 is 0 Å². The molecule has 0 aliphatic carbocycles. The second kappa shape index (κ2) is 13.1. The summed E-state index contributed by atoms with van der Waals surface area (Å²) in [6.45, 7) is 5.62. The van der Waals surface area contributed by atoms with Gasteiger partial charge in [-0.3, -0.25) is 4.79 Å². The topological polar surface area (TPSA) is 29.4 Å². The van der Waals surface area contributed by atoms with Gasteiger partial charge in [0.15, 0.2) is 0 Å². The number of hydrogen-bond acceptors (Lipinski definition) is 1. The maximum Gasteiger partial charge on any atom is 0.268 e. The minimum atomic E-state index is -0.235. The predicted octanol–water partition coefficient (Wildman–Crippen LogP) is 4.69. The molecule has 98 valence electrons. The molecule has 0 aromatic heterocycles. The van der Waals surface area contributed by atoms with Crippen LogP contribution in [0.3, 0.4) is 0 Å². The summed E-state index contributed by atoms with van der Waals surface area (Å²) in [4.78, 5) is 14.5. The summed E-state index contributed by atoms with van der Waals surface area (Å²) >= 11 is 0. The van der Waals surface area contributed by atoms with Crippen LogP contribution in [0.5, 0.6) is 0 Å². The van der Waals surface area contributed by atoms with Crippen molar-refractivity contribution in [2.75, 3.05) is 0 Å². The monoisotopic (exact) mass is 237 g/mol. The smallest absolute Gasteiger partial charge is 0.268 e. The van der Waals surface area contributed by atoms with Gasteiger partial charge in [0.05, 0.1) is 0 Å². The fourth-order valence-electron chi connectivity index (χ4n) is 1.75. The van der Waals surface area contributed by atoms with Crippen molar-refractivity contribution in [3.63, 3.8) is 0 Å². The molecular formula is C15H27NO. The highest BCUT2D eigenvalue weighted by molar-refractivity contribution is 5.92. The first-order valence-electron chi connectivity index (χ1n) is 7.00. The van der Waals surface area contributed by atoms with Crippen LogP contribution in [-0.4, -0.2) is 12.1 Å². The minimum Gasteiger partial charge on any atom is -0.268 e. The summed E-state index contributed by atoms with van der Waals surface area (Å²) in [5.74, 6) is -0.235. The van der Waals surface area contributed by atoms with Gasteiger partial charge in [0, 0.05) is 6.21 Å². The largest absolute Gasteiger partial charge is 0.268 e. The zero-order chi connectivity index (χ0) is 12.8. The van der Waals surface area contributed by atoms with E-state index in [1.807, 2.05) is 0 Å². The number of aliphatic imine (C=N–C) groups is 1. The average molecular weight is 237 g/mol. The first kappa shape index (κ1) is 16.1. The van der Waals surface area contributed by atoms with Crippen molar-refractivity contribution in [3.05, 3.63) is 12.7 Å². The third-order valence-corrected chi connectivity index (χ3v) is 2.83. The summed E-state index contributed by atoms with van der Waals surface area (Å²) in [5, 5.41) is 0. The van der Waals surface area contributed by atoms with Gasteiger partial charge in [-0.1, -0.05) is 64.9 Å². The maximum atomic E-state index is 10.8. The van der Waals surface area contributed by atoms with Crippen molar-refractivity contribution < 1.29 is 4.79 Å². The van der Waals surface area contributed by atoms with Crippen LogP contribution in [0.2, 0.25) is 0 Å². The Morgan fingerprint density at radius 3 is 2.06 bits per heavy atom. The van der Waals surface area contributed by atoms with E-state index < -0.39 is 0 Å². The molecule has 0 saturated heterocycles. The molecule has 0 saturated carbocycles. The first-order valence-corrected chi connectivity index (χ1v) is 7.00. The molecule has 0 heterocycles. The highest BCUT2D eigenvalue weighted by Gasteiger charge is 1.91. The summed E-state index contributed by atoms with van der Waals surface area (Å²) < 4.78 is 0. The Morgan fingerprint density at radius 1 is 1.00 bits per heavy atom. The summed E-state index contributed by atoms with van der Waals surface area (Å²) in [6.07, 6.45) is 15.8. The van der Waals surface area contributed by atoms with Crippen LogP contribution in [-0.2, 0) is 4.79 Å². The highest BCUT2D eigenvalue weighted by Crippen LogP contribution is 2.09. The normalized spacial score (nSPS) is 10.9. The van der Waals surface area contributed by atoms with Gasteiger partial charge >= 0.3 is 0 Å². The van der Waals surface area contributed by atoms with Crippen LogP contribution in [0.25, 0.3) is 0 Å². The molecule has 0 rings (SSSR count). The lowest BCUT2D eigenvalue weighted by Gasteiger charge is -2.00. The molecule has 0 aliphatic heterocycles. The van der Waals surface area contributed by atoms with Gasteiger partial charge in [-0.25, -0.2) is 4.99 Å². The van der Waals surface area contributed by atoms with E-state index in [9.17, 15) is 4.79 Å². The molecule has 2 nitrogen and oxygen atoms in total. The van der Waals surface area contributed by atoms with Gasteiger partial charge in [0.1, 0.15) is 0 Å². The van der Waals surface area contributed by atoms with Crippen LogP contribution in [0.1, 0.15) is 71.1 Å². The van der Waals surface area contributed by atoms with Crippen molar-refractivity contribution >= 4 is 12.1 Å². The Kier molecular flexibility index (Phi) is 12.4. The van der Waals surface area contributed by atoms with Crippen molar-refractivity contribution in [2.45, 2.75) is 71.1 Å². The van der Waals surface area contributed by atoms with Crippen molar-refractivity contribution in [2.24, 2.45) is 4.99 Å². The maximum absolute atomic E-state index is 10.8. The average Bonchev–Trinajstić information content (AvgIpc) is 2.35. The zero-order valence-corrected chi connectivity index (χ0v) is 11.3. The Balaban J connectivity index is 3.11. The lowest BCUT2D eigenvalue weighted by Crippen LogP contribution is -1.87. The van der Waals surface area contributed by atoms with E-state index >= 15 is 0 Å². The molecule has 0 N–H and O–H groups in total. The quantitative estimate of drug-likeness (QED) is 0.291. The Labute approximate surface area is 106 Å². The Bertz CT molecular complexity index is 221.